The highest BCUT2D eigenvalue weighted by Crippen LogP contribution is 2.29. The van der Waals surface area contributed by atoms with Crippen molar-refractivity contribution < 1.29 is 9.90 Å². The van der Waals surface area contributed by atoms with E-state index in [0.29, 0.717) is 29.2 Å². The Hall–Kier alpha value is -4.95. The number of hydrogen-bond donors (Lipinski definition) is 1. The van der Waals surface area contributed by atoms with Crippen molar-refractivity contribution in [3.8, 4) is 11.3 Å². The van der Waals surface area contributed by atoms with Gasteiger partial charge in [-0.25, -0.2) is 9.59 Å². The maximum Gasteiger partial charge on any atom is 0.335 e. The van der Waals surface area contributed by atoms with Gasteiger partial charge in [-0.2, -0.15) is 5.10 Å². The lowest BCUT2D eigenvalue weighted by molar-refractivity contribution is 0.0697. The second kappa shape index (κ2) is 10.6. The number of fused-ring (bicyclic) bond motifs is 2. The van der Waals surface area contributed by atoms with Crippen molar-refractivity contribution in [3.63, 3.8) is 0 Å². The normalized spacial score (nSPS) is 11.4. The quantitative estimate of drug-likeness (QED) is 0.281. The molecule has 0 aliphatic carbocycles. The predicted molar refractivity (Wildman–Crippen MR) is 160 cm³/mol. The van der Waals surface area contributed by atoms with E-state index in [1.807, 2.05) is 60.7 Å². The molecule has 204 valence electrons. The third-order valence-electron chi connectivity index (χ3n) is 7.32. The monoisotopic (exact) mass is 564 g/mol. The van der Waals surface area contributed by atoms with Gasteiger partial charge >= 0.3 is 11.7 Å². The SMILES string of the molecule is Cn1c(=O)c2c(-c3cccc(C(=O)O)c3)n(Cc3cccc4ccccc34)nc2n(CCc2cccc(Cl)c2)c1=O. The van der Waals surface area contributed by atoms with Gasteiger partial charge in [-0.05, 0) is 52.6 Å². The first-order chi connectivity index (χ1) is 19.8. The number of aromatic nitrogens is 4. The standard InChI is InChI=1S/C32H25ClN4O4/c1-35-30(38)27-28(22-10-6-11-23(18-22)31(39)40)37(19-24-12-5-9-21-8-2-3-14-26(21)24)34-29(27)36(32(35)41)16-15-20-7-4-13-25(33)17-20/h2-14,17-18H,15-16,19H2,1H3,(H,39,40). The zero-order valence-electron chi connectivity index (χ0n) is 22.1. The van der Waals surface area contributed by atoms with Crippen LogP contribution >= 0.6 is 11.6 Å². The van der Waals surface area contributed by atoms with Crippen LogP contribution in [0.5, 0.6) is 0 Å². The Labute approximate surface area is 239 Å². The second-order valence-corrected chi connectivity index (χ2v) is 10.3. The van der Waals surface area contributed by atoms with Gasteiger partial charge in [0.15, 0.2) is 5.65 Å². The van der Waals surface area contributed by atoms with Crippen molar-refractivity contribution in [2.75, 3.05) is 0 Å². The summed E-state index contributed by atoms with van der Waals surface area (Å²) < 4.78 is 4.28. The average Bonchev–Trinajstić information content (AvgIpc) is 3.35. The molecule has 9 heteroatoms. The number of carboxylic acids is 1. The third-order valence-corrected chi connectivity index (χ3v) is 7.56. The van der Waals surface area contributed by atoms with Crippen molar-refractivity contribution in [1.29, 1.82) is 0 Å². The molecule has 0 saturated heterocycles. The Bertz CT molecular complexity index is 2090. The maximum absolute atomic E-state index is 13.7. The summed E-state index contributed by atoms with van der Waals surface area (Å²) in [5.41, 5.74) is 2.23. The van der Waals surface area contributed by atoms with E-state index in [2.05, 4.69) is 0 Å². The molecule has 8 nitrogen and oxygen atoms in total. The number of halogens is 1. The number of rotatable bonds is 7. The Morgan fingerprint density at radius 3 is 2.49 bits per heavy atom. The summed E-state index contributed by atoms with van der Waals surface area (Å²) >= 11 is 6.17. The van der Waals surface area contributed by atoms with Gasteiger partial charge in [-0.3, -0.25) is 18.6 Å². The van der Waals surface area contributed by atoms with Crippen LogP contribution in [0, 0.1) is 0 Å². The third kappa shape index (κ3) is 4.83. The Morgan fingerprint density at radius 1 is 0.927 bits per heavy atom. The molecule has 6 aromatic rings. The van der Waals surface area contributed by atoms with Crippen LogP contribution in [-0.2, 0) is 26.6 Å². The molecule has 2 heterocycles. The van der Waals surface area contributed by atoms with Gasteiger partial charge in [-0.1, -0.05) is 78.3 Å². The Balaban J connectivity index is 1.60. The van der Waals surface area contributed by atoms with Crippen molar-refractivity contribution in [2.24, 2.45) is 7.05 Å². The summed E-state index contributed by atoms with van der Waals surface area (Å²) in [5, 5.41) is 17.5. The topological polar surface area (TPSA) is 99.1 Å². The number of aryl methyl sites for hydroxylation is 2. The number of carboxylic acid groups (broad SMARTS) is 1. The van der Waals surface area contributed by atoms with Gasteiger partial charge in [0.05, 0.1) is 17.8 Å². The Morgan fingerprint density at radius 2 is 1.68 bits per heavy atom. The van der Waals surface area contributed by atoms with E-state index in [1.54, 1.807) is 22.9 Å². The fourth-order valence-electron chi connectivity index (χ4n) is 5.30. The molecule has 0 unspecified atom stereocenters. The molecule has 4 aromatic carbocycles. The van der Waals surface area contributed by atoms with E-state index in [9.17, 15) is 19.5 Å². The predicted octanol–water partition coefficient (Wildman–Crippen LogP) is 5.36. The van der Waals surface area contributed by atoms with E-state index in [-0.39, 0.29) is 23.1 Å². The molecule has 6 rings (SSSR count). The second-order valence-electron chi connectivity index (χ2n) is 9.91. The number of carbonyl (C=O) groups is 1. The zero-order chi connectivity index (χ0) is 28.7. The van der Waals surface area contributed by atoms with Gasteiger partial charge in [0.25, 0.3) is 5.56 Å². The lowest BCUT2D eigenvalue weighted by atomic mass is 10.0. The van der Waals surface area contributed by atoms with E-state index >= 15 is 0 Å². The van der Waals surface area contributed by atoms with Crippen LogP contribution in [0.1, 0.15) is 21.5 Å². The summed E-state index contributed by atoms with van der Waals surface area (Å²) in [6.45, 7) is 0.567. The lowest BCUT2D eigenvalue weighted by Crippen LogP contribution is -2.38. The van der Waals surface area contributed by atoms with E-state index < -0.39 is 17.2 Å². The first-order valence-electron chi connectivity index (χ1n) is 13.1. The largest absolute Gasteiger partial charge is 0.478 e. The number of nitrogens with zero attached hydrogens (tertiary/aromatic N) is 4. The Kier molecular flexibility index (Phi) is 6.77. The van der Waals surface area contributed by atoms with Crippen LogP contribution < -0.4 is 11.2 Å². The minimum atomic E-state index is -1.08. The van der Waals surface area contributed by atoms with Crippen LogP contribution in [0.2, 0.25) is 5.02 Å². The molecule has 0 fully saturated rings. The fraction of sp³-hybridized carbons (Fsp3) is 0.125. The molecule has 1 N–H and O–H groups in total. The van der Waals surface area contributed by atoms with Crippen LogP contribution in [-0.4, -0.2) is 30.0 Å². The number of benzene rings is 4. The summed E-state index contributed by atoms with van der Waals surface area (Å²) in [6, 6.07) is 27.8. The van der Waals surface area contributed by atoms with Gasteiger partial charge < -0.3 is 5.11 Å². The molecule has 0 bridgehead atoms. The minimum Gasteiger partial charge on any atom is -0.478 e. The highest BCUT2D eigenvalue weighted by molar-refractivity contribution is 6.30. The number of aromatic carboxylic acids is 1. The van der Waals surface area contributed by atoms with Gasteiger partial charge in [0.2, 0.25) is 0 Å². The highest BCUT2D eigenvalue weighted by Gasteiger charge is 2.23. The summed E-state index contributed by atoms with van der Waals surface area (Å²) in [6.07, 6.45) is 0.494. The summed E-state index contributed by atoms with van der Waals surface area (Å²) in [5.74, 6) is -1.08. The highest BCUT2D eigenvalue weighted by atomic mass is 35.5. The van der Waals surface area contributed by atoms with Crippen LogP contribution in [0.3, 0.4) is 0 Å². The van der Waals surface area contributed by atoms with Crippen LogP contribution in [0.15, 0.2) is 101 Å². The van der Waals surface area contributed by atoms with Crippen molar-refractivity contribution in [2.45, 2.75) is 19.5 Å². The van der Waals surface area contributed by atoms with Crippen molar-refractivity contribution in [3.05, 3.63) is 134 Å². The van der Waals surface area contributed by atoms with E-state index in [0.717, 1.165) is 26.5 Å². The van der Waals surface area contributed by atoms with E-state index in [4.69, 9.17) is 16.7 Å². The maximum atomic E-state index is 13.7. The molecule has 0 radical (unpaired) electrons. The zero-order valence-corrected chi connectivity index (χ0v) is 22.9. The smallest absolute Gasteiger partial charge is 0.335 e. The molecular weight excluding hydrogens is 540 g/mol. The molecule has 0 spiro atoms. The number of hydrogen-bond acceptors (Lipinski definition) is 4. The lowest BCUT2D eigenvalue weighted by Gasteiger charge is -2.11. The molecule has 0 atom stereocenters. The van der Waals surface area contributed by atoms with E-state index in [1.165, 1.54) is 23.7 Å². The van der Waals surface area contributed by atoms with Crippen LogP contribution in [0.4, 0.5) is 0 Å². The van der Waals surface area contributed by atoms with Crippen LogP contribution in [0.25, 0.3) is 33.1 Å². The average molecular weight is 565 g/mol. The van der Waals surface area contributed by atoms with Gasteiger partial charge in [0, 0.05) is 24.2 Å². The van der Waals surface area contributed by atoms with Crippen molar-refractivity contribution >= 4 is 39.4 Å². The van der Waals surface area contributed by atoms with Gasteiger partial charge in [-0.15, -0.1) is 0 Å². The molecule has 0 amide bonds. The molecule has 41 heavy (non-hydrogen) atoms. The first kappa shape index (κ1) is 26.3. The molecule has 2 aromatic heterocycles. The first-order valence-corrected chi connectivity index (χ1v) is 13.4. The molecular formula is C32H25ClN4O4. The summed E-state index contributed by atoms with van der Waals surface area (Å²) in [4.78, 5) is 38.9. The molecule has 0 aliphatic heterocycles. The minimum absolute atomic E-state index is 0.0830. The fourth-order valence-corrected chi connectivity index (χ4v) is 5.51. The molecule has 0 saturated carbocycles. The van der Waals surface area contributed by atoms with Crippen molar-refractivity contribution in [1.82, 2.24) is 18.9 Å². The summed E-state index contributed by atoms with van der Waals surface area (Å²) in [7, 11) is 1.44. The van der Waals surface area contributed by atoms with Gasteiger partial charge in [0.1, 0.15) is 5.39 Å². The molecule has 0 aliphatic rings.